The van der Waals surface area contributed by atoms with Crippen molar-refractivity contribution in [1.29, 1.82) is 0 Å². The molecule has 0 atom stereocenters. The Hall–Kier alpha value is -2.32. The van der Waals surface area contributed by atoms with E-state index in [1.165, 1.54) is 24.7 Å². The molecule has 2 aliphatic rings. The van der Waals surface area contributed by atoms with E-state index in [0.29, 0.717) is 12.3 Å². The largest absolute Gasteiger partial charge is 0.416 e. The molecule has 1 aliphatic carbocycles. The molecule has 1 N–H and O–H groups in total. The van der Waals surface area contributed by atoms with Crippen LogP contribution in [0.15, 0.2) is 48.5 Å². The van der Waals surface area contributed by atoms with E-state index in [2.05, 4.69) is 39.4 Å². The molecule has 1 aliphatic heterocycles. The van der Waals surface area contributed by atoms with Crippen LogP contribution >= 0.6 is 12.2 Å². The zero-order chi connectivity index (χ0) is 24.1. The Labute approximate surface area is 205 Å². The zero-order valence-corrected chi connectivity index (χ0v) is 20.3. The van der Waals surface area contributed by atoms with Gasteiger partial charge in [0.05, 0.1) is 18.3 Å². The monoisotopic (exact) mass is 491 g/mol. The first-order valence-electron chi connectivity index (χ1n) is 11.9. The summed E-state index contributed by atoms with van der Waals surface area (Å²) in [7, 11) is 0. The van der Waals surface area contributed by atoms with Gasteiger partial charge in [-0.2, -0.15) is 13.2 Å². The Morgan fingerprint density at radius 2 is 1.68 bits per heavy atom. The van der Waals surface area contributed by atoms with E-state index < -0.39 is 11.7 Å². The molecule has 0 unspecified atom stereocenters. The van der Waals surface area contributed by atoms with E-state index in [1.807, 2.05) is 6.07 Å². The summed E-state index contributed by atoms with van der Waals surface area (Å²) in [6.07, 6.45) is -0.712. The van der Waals surface area contributed by atoms with Gasteiger partial charge >= 0.3 is 6.18 Å². The van der Waals surface area contributed by atoms with E-state index in [9.17, 15) is 13.2 Å². The Balaban J connectivity index is 1.18. The van der Waals surface area contributed by atoms with Crippen molar-refractivity contribution in [3.05, 3.63) is 59.7 Å². The first-order valence-corrected chi connectivity index (χ1v) is 12.3. The van der Waals surface area contributed by atoms with Gasteiger partial charge in [0.2, 0.25) is 0 Å². The van der Waals surface area contributed by atoms with Gasteiger partial charge in [0, 0.05) is 43.6 Å². The van der Waals surface area contributed by atoms with Crippen LogP contribution in [0.2, 0.25) is 0 Å². The van der Waals surface area contributed by atoms with Crippen molar-refractivity contribution in [3.63, 3.8) is 0 Å². The number of anilines is 2. The highest BCUT2D eigenvalue weighted by molar-refractivity contribution is 7.80. The Bertz CT molecular complexity index is 954. The molecular formula is C26H32F3N3OS. The van der Waals surface area contributed by atoms with Crippen molar-refractivity contribution in [1.82, 2.24) is 4.90 Å². The number of benzene rings is 2. The van der Waals surface area contributed by atoms with Gasteiger partial charge in [-0.05, 0) is 62.4 Å². The van der Waals surface area contributed by atoms with Crippen LogP contribution in [0.5, 0.6) is 0 Å². The van der Waals surface area contributed by atoms with Crippen LogP contribution < -0.4 is 10.2 Å². The molecule has 0 radical (unpaired) electrons. The van der Waals surface area contributed by atoms with Crippen LogP contribution in [0.1, 0.15) is 36.8 Å². The molecule has 8 heteroatoms. The van der Waals surface area contributed by atoms with Crippen LogP contribution in [0.4, 0.5) is 24.5 Å². The number of nitrogens with one attached hydrogen (secondary N) is 1. The summed E-state index contributed by atoms with van der Waals surface area (Å²) in [5.74, 6) is 0. The van der Waals surface area contributed by atoms with Gasteiger partial charge in [0.1, 0.15) is 4.99 Å². The van der Waals surface area contributed by atoms with Crippen molar-refractivity contribution in [2.45, 2.75) is 50.9 Å². The van der Waals surface area contributed by atoms with Gasteiger partial charge in [-0.1, -0.05) is 36.5 Å². The lowest BCUT2D eigenvalue weighted by Gasteiger charge is -2.38. The van der Waals surface area contributed by atoms with Gasteiger partial charge in [-0.15, -0.1) is 0 Å². The maximum absolute atomic E-state index is 13.2. The second-order valence-electron chi connectivity index (χ2n) is 9.16. The number of hydrogen-bond donors (Lipinski definition) is 1. The maximum Gasteiger partial charge on any atom is 0.416 e. The third-order valence-corrected chi connectivity index (χ3v) is 7.16. The topological polar surface area (TPSA) is 27.7 Å². The summed E-state index contributed by atoms with van der Waals surface area (Å²) < 4.78 is 45.7. The number of hydrogen-bond acceptors (Lipinski definition) is 4. The molecule has 0 bridgehead atoms. The van der Waals surface area contributed by atoms with Crippen molar-refractivity contribution in [2.75, 3.05) is 43.0 Å². The molecule has 4 rings (SSSR count). The lowest BCUT2D eigenvalue weighted by atomic mass is 9.92. The highest BCUT2D eigenvalue weighted by Crippen LogP contribution is 2.34. The third-order valence-electron chi connectivity index (χ3n) is 6.78. The van der Waals surface area contributed by atoms with Gasteiger partial charge in [0.15, 0.2) is 0 Å². The standard InChI is InChI=1S/C26H32F3N3OS/c1-19-7-8-21(17-24(19)26(27,28)29)30-20-9-11-23(12-10-20)33-18-25(34)32-15-13-31(14-16-32)22-5-3-2-4-6-22/h2-8,17,20,23,30H,9-16,18H2,1H3. The number of thiocarbonyl (C=S) groups is 1. The third kappa shape index (κ3) is 6.42. The van der Waals surface area contributed by atoms with Crippen molar-refractivity contribution < 1.29 is 17.9 Å². The Morgan fingerprint density at radius 1 is 1.00 bits per heavy atom. The average Bonchev–Trinajstić information content (AvgIpc) is 2.84. The summed E-state index contributed by atoms with van der Waals surface area (Å²) in [5, 5.41) is 3.28. The minimum Gasteiger partial charge on any atom is -0.382 e. The number of para-hydroxylation sites is 1. The van der Waals surface area contributed by atoms with E-state index in [-0.39, 0.29) is 17.7 Å². The molecule has 0 amide bonds. The smallest absolute Gasteiger partial charge is 0.382 e. The number of piperazine rings is 1. The maximum atomic E-state index is 13.2. The highest BCUT2D eigenvalue weighted by atomic mass is 32.1. The minimum atomic E-state index is -4.33. The molecule has 2 aromatic carbocycles. The summed E-state index contributed by atoms with van der Waals surface area (Å²) in [6.45, 7) is 5.61. The van der Waals surface area contributed by atoms with Crippen molar-refractivity contribution in [2.24, 2.45) is 0 Å². The molecule has 0 aromatic heterocycles. The summed E-state index contributed by atoms with van der Waals surface area (Å²) in [4.78, 5) is 5.46. The molecule has 1 saturated carbocycles. The second kappa shape index (κ2) is 11.0. The molecule has 2 fully saturated rings. The van der Waals surface area contributed by atoms with Gasteiger partial charge in [-0.25, -0.2) is 0 Å². The zero-order valence-electron chi connectivity index (χ0n) is 19.5. The van der Waals surface area contributed by atoms with Crippen molar-refractivity contribution in [3.8, 4) is 0 Å². The number of ether oxygens (including phenoxy) is 1. The van der Waals surface area contributed by atoms with Crippen molar-refractivity contribution >= 4 is 28.6 Å². The minimum absolute atomic E-state index is 0.144. The highest BCUT2D eigenvalue weighted by Gasteiger charge is 2.33. The van der Waals surface area contributed by atoms with Gasteiger partial charge in [-0.3, -0.25) is 0 Å². The van der Waals surface area contributed by atoms with Crippen LogP contribution in [-0.2, 0) is 10.9 Å². The molecule has 1 heterocycles. The summed E-state index contributed by atoms with van der Waals surface area (Å²) in [6, 6.07) is 15.0. The first kappa shape index (κ1) is 24.8. The van der Waals surface area contributed by atoms with Crippen LogP contribution in [0.25, 0.3) is 0 Å². The Kier molecular flexibility index (Phi) is 7.99. The molecule has 34 heavy (non-hydrogen) atoms. The van der Waals surface area contributed by atoms with E-state index >= 15 is 0 Å². The lowest BCUT2D eigenvalue weighted by Crippen LogP contribution is -2.49. The van der Waals surface area contributed by atoms with E-state index in [4.69, 9.17) is 17.0 Å². The molecule has 184 valence electrons. The van der Waals surface area contributed by atoms with E-state index in [1.54, 1.807) is 6.07 Å². The van der Waals surface area contributed by atoms with Crippen LogP contribution in [-0.4, -0.2) is 54.8 Å². The number of rotatable bonds is 6. The second-order valence-corrected chi connectivity index (χ2v) is 9.63. The summed E-state index contributed by atoms with van der Waals surface area (Å²) >= 11 is 5.64. The fraction of sp³-hybridized carbons (Fsp3) is 0.500. The molecule has 2 aromatic rings. The Morgan fingerprint density at radius 3 is 2.32 bits per heavy atom. The lowest BCUT2D eigenvalue weighted by molar-refractivity contribution is -0.138. The predicted octanol–water partition coefficient (Wildman–Crippen LogP) is 5.90. The SMILES string of the molecule is Cc1ccc(NC2CCC(OCC(=S)N3CCN(c4ccccc4)CC3)CC2)cc1C(F)(F)F. The average molecular weight is 492 g/mol. The fourth-order valence-electron chi connectivity index (χ4n) is 4.76. The normalized spacial score (nSPS) is 21.4. The predicted molar refractivity (Wildman–Crippen MR) is 135 cm³/mol. The fourth-order valence-corrected chi connectivity index (χ4v) is 5.01. The molecule has 1 saturated heterocycles. The number of halogens is 3. The van der Waals surface area contributed by atoms with Crippen LogP contribution in [0, 0.1) is 6.92 Å². The molecule has 4 nitrogen and oxygen atoms in total. The van der Waals surface area contributed by atoms with E-state index in [0.717, 1.165) is 56.9 Å². The summed E-state index contributed by atoms with van der Waals surface area (Å²) in [5.41, 5.74) is 1.44. The molecular weight excluding hydrogens is 459 g/mol. The van der Waals surface area contributed by atoms with Gasteiger partial charge < -0.3 is 19.9 Å². The first-order chi connectivity index (χ1) is 16.3. The van der Waals surface area contributed by atoms with Gasteiger partial charge in [0.25, 0.3) is 0 Å². The molecule has 0 spiro atoms. The quantitative estimate of drug-likeness (QED) is 0.508. The number of alkyl halides is 3. The number of nitrogens with zero attached hydrogens (tertiary/aromatic N) is 2. The van der Waals surface area contributed by atoms with Crippen LogP contribution in [0.3, 0.4) is 0 Å². The number of aryl methyl sites for hydroxylation is 1.